The molecule has 0 aromatic heterocycles. The molecule has 1 rings (SSSR count). The van der Waals surface area contributed by atoms with Crippen LogP contribution in [0, 0.1) is 11.8 Å². The highest BCUT2D eigenvalue weighted by molar-refractivity contribution is 4.83. The van der Waals surface area contributed by atoms with E-state index < -0.39 is 0 Å². The zero-order valence-electron chi connectivity index (χ0n) is 10.8. The van der Waals surface area contributed by atoms with Gasteiger partial charge < -0.3 is 10.1 Å². The highest BCUT2D eigenvalue weighted by Gasteiger charge is 2.27. The Labute approximate surface area is 94.8 Å². The number of rotatable bonds is 5. The first kappa shape index (κ1) is 13.0. The molecule has 2 nitrogen and oxygen atoms in total. The van der Waals surface area contributed by atoms with Crippen LogP contribution in [0.4, 0.5) is 0 Å². The topological polar surface area (TPSA) is 21.3 Å². The third kappa shape index (κ3) is 4.12. The molecule has 4 atom stereocenters. The second-order valence-corrected chi connectivity index (χ2v) is 5.10. The Hall–Kier alpha value is -0.0800. The maximum atomic E-state index is 5.44. The predicted octanol–water partition coefficient (Wildman–Crippen LogP) is 2.83. The number of ether oxygens (including phenoxy) is 1. The van der Waals surface area contributed by atoms with E-state index in [1.165, 1.54) is 19.3 Å². The van der Waals surface area contributed by atoms with Crippen molar-refractivity contribution in [3.63, 3.8) is 0 Å². The van der Waals surface area contributed by atoms with Gasteiger partial charge in [0.15, 0.2) is 0 Å². The molecule has 4 unspecified atom stereocenters. The van der Waals surface area contributed by atoms with E-state index in [2.05, 4.69) is 33.0 Å². The van der Waals surface area contributed by atoms with Crippen molar-refractivity contribution in [2.24, 2.45) is 11.8 Å². The summed E-state index contributed by atoms with van der Waals surface area (Å²) in [5.74, 6) is 1.68. The third-order valence-electron chi connectivity index (χ3n) is 3.78. The van der Waals surface area contributed by atoms with Gasteiger partial charge in [0, 0.05) is 18.7 Å². The van der Waals surface area contributed by atoms with Crippen LogP contribution in [0.3, 0.4) is 0 Å². The Morgan fingerprint density at radius 2 is 2.07 bits per heavy atom. The molecule has 1 fully saturated rings. The van der Waals surface area contributed by atoms with E-state index in [0.717, 1.165) is 25.0 Å². The summed E-state index contributed by atoms with van der Waals surface area (Å²) in [5.41, 5.74) is 0. The van der Waals surface area contributed by atoms with Crippen molar-refractivity contribution in [1.29, 1.82) is 0 Å². The fourth-order valence-electron chi connectivity index (χ4n) is 2.53. The first-order valence-corrected chi connectivity index (χ1v) is 6.49. The summed E-state index contributed by atoms with van der Waals surface area (Å²) < 4.78 is 5.44. The van der Waals surface area contributed by atoms with Gasteiger partial charge in [0.25, 0.3) is 0 Å². The van der Waals surface area contributed by atoms with Crippen LogP contribution >= 0.6 is 0 Å². The van der Waals surface area contributed by atoms with E-state index in [0.29, 0.717) is 12.1 Å². The first-order chi connectivity index (χ1) is 7.15. The maximum absolute atomic E-state index is 5.44. The van der Waals surface area contributed by atoms with E-state index in [1.807, 2.05) is 0 Å². The number of nitrogens with one attached hydrogen (secondary N) is 1. The molecule has 0 bridgehead atoms. The largest absolute Gasteiger partial charge is 0.380 e. The van der Waals surface area contributed by atoms with Crippen LogP contribution in [-0.2, 0) is 4.74 Å². The highest BCUT2D eigenvalue weighted by atomic mass is 16.5. The van der Waals surface area contributed by atoms with Gasteiger partial charge in [-0.15, -0.1) is 0 Å². The average molecular weight is 213 g/mol. The molecular formula is C13H27NO. The molecule has 0 saturated heterocycles. The number of hydrogen-bond donors (Lipinski definition) is 1. The summed E-state index contributed by atoms with van der Waals surface area (Å²) in [6, 6.07) is 1.19. The van der Waals surface area contributed by atoms with Gasteiger partial charge in [0.1, 0.15) is 0 Å². The van der Waals surface area contributed by atoms with E-state index in [-0.39, 0.29) is 0 Å². The minimum absolute atomic E-state index is 0.489. The van der Waals surface area contributed by atoms with Crippen molar-refractivity contribution < 1.29 is 4.74 Å². The lowest BCUT2D eigenvalue weighted by Gasteiger charge is -2.36. The van der Waals surface area contributed by atoms with Crippen molar-refractivity contribution in [2.45, 2.75) is 59.0 Å². The maximum Gasteiger partial charge on any atom is 0.0616 e. The third-order valence-corrected chi connectivity index (χ3v) is 3.78. The molecule has 0 spiro atoms. The van der Waals surface area contributed by atoms with Gasteiger partial charge in [-0.3, -0.25) is 0 Å². The molecule has 0 aliphatic heterocycles. The van der Waals surface area contributed by atoms with Crippen LogP contribution in [0.1, 0.15) is 47.0 Å². The van der Waals surface area contributed by atoms with E-state index in [9.17, 15) is 0 Å². The van der Waals surface area contributed by atoms with Gasteiger partial charge >= 0.3 is 0 Å². The van der Waals surface area contributed by atoms with Crippen LogP contribution in [0.2, 0.25) is 0 Å². The lowest BCUT2D eigenvalue weighted by molar-refractivity contribution is 0.109. The fraction of sp³-hybridized carbons (Fsp3) is 1.00. The average Bonchev–Trinajstić information content (AvgIpc) is 2.22. The standard InChI is InChI=1S/C13H27NO/c1-5-15-9-11(3)14-13-8-6-7-10(2)12(13)4/h10-14H,5-9H2,1-4H3. The second-order valence-electron chi connectivity index (χ2n) is 5.10. The molecule has 0 aromatic carbocycles. The molecule has 0 radical (unpaired) electrons. The van der Waals surface area contributed by atoms with Crippen LogP contribution in [0.25, 0.3) is 0 Å². The van der Waals surface area contributed by atoms with Crippen molar-refractivity contribution in [3.8, 4) is 0 Å². The fourth-order valence-corrected chi connectivity index (χ4v) is 2.53. The van der Waals surface area contributed by atoms with Gasteiger partial charge in [-0.1, -0.05) is 26.7 Å². The molecule has 0 heterocycles. The Bertz CT molecular complexity index is 172. The quantitative estimate of drug-likeness (QED) is 0.758. The van der Waals surface area contributed by atoms with Crippen LogP contribution in [-0.4, -0.2) is 25.3 Å². The second kappa shape index (κ2) is 6.49. The molecule has 2 heteroatoms. The Morgan fingerprint density at radius 1 is 1.33 bits per heavy atom. The molecule has 0 aromatic rings. The first-order valence-electron chi connectivity index (χ1n) is 6.49. The Balaban J connectivity index is 2.29. The molecule has 1 N–H and O–H groups in total. The van der Waals surface area contributed by atoms with Crippen LogP contribution in [0.15, 0.2) is 0 Å². The molecular weight excluding hydrogens is 186 g/mol. The minimum Gasteiger partial charge on any atom is -0.380 e. The van der Waals surface area contributed by atoms with Gasteiger partial charge in [-0.05, 0) is 32.1 Å². The van der Waals surface area contributed by atoms with Gasteiger partial charge in [0.05, 0.1) is 6.61 Å². The Morgan fingerprint density at radius 3 is 2.73 bits per heavy atom. The van der Waals surface area contributed by atoms with Gasteiger partial charge in [-0.25, -0.2) is 0 Å². The lowest BCUT2D eigenvalue weighted by atomic mass is 9.78. The minimum atomic E-state index is 0.489. The summed E-state index contributed by atoms with van der Waals surface area (Å²) in [5, 5.41) is 3.71. The molecule has 90 valence electrons. The van der Waals surface area contributed by atoms with E-state index >= 15 is 0 Å². The van der Waals surface area contributed by atoms with Gasteiger partial charge in [-0.2, -0.15) is 0 Å². The summed E-state index contributed by atoms with van der Waals surface area (Å²) in [6.45, 7) is 10.7. The van der Waals surface area contributed by atoms with Crippen molar-refractivity contribution >= 4 is 0 Å². The molecule has 1 saturated carbocycles. The van der Waals surface area contributed by atoms with Crippen LogP contribution < -0.4 is 5.32 Å². The monoisotopic (exact) mass is 213 g/mol. The summed E-state index contributed by atoms with van der Waals surface area (Å²) in [7, 11) is 0. The van der Waals surface area contributed by atoms with Crippen LogP contribution in [0.5, 0.6) is 0 Å². The van der Waals surface area contributed by atoms with E-state index in [1.54, 1.807) is 0 Å². The summed E-state index contributed by atoms with van der Waals surface area (Å²) in [4.78, 5) is 0. The molecule has 1 aliphatic carbocycles. The zero-order valence-corrected chi connectivity index (χ0v) is 10.8. The predicted molar refractivity (Wildman–Crippen MR) is 65.1 cm³/mol. The highest BCUT2D eigenvalue weighted by Crippen LogP contribution is 2.29. The van der Waals surface area contributed by atoms with E-state index in [4.69, 9.17) is 4.74 Å². The van der Waals surface area contributed by atoms with Gasteiger partial charge in [0.2, 0.25) is 0 Å². The molecule has 0 amide bonds. The normalized spacial score (nSPS) is 34.0. The SMILES string of the molecule is CCOCC(C)NC1CCCC(C)C1C. The van der Waals surface area contributed by atoms with Crippen molar-refractivity contribution in [2.75, 3.05) is 13.2 Å². The molecule has 1 aliphatic rings. The van der Waals surface area contributed by atoms with Crippen molar-refractivity contribution in [1.82, 2.24) is 5.32 Å². The summed E-state index contributed by atoms with van der Waals surface area (Å²) in [6.07, 6.45) is 4.12. The smallest absolute Gasteiger partial charge is 0.0616 e. The lowest BCUT2D eigenvalue weighted by Crippen LogP contribution is -2.46. The van der Waals surface area contributed by atoms with Crippen molar-refractivity contribution in [3.05, 3.63) is 0 Å². The summed E-state index contributed by atoms with van der Waals surface area (Å²) >= 11 is 0. The Kier molecular flexibility index (Phi) is 5.62. The zero-order chi connectivity index (χ0) is 11.3. The molecule has 15 heavy (non-hydrogen) atoms. The number of hydrogen-bond acceptors (Lipinski definition) is 2.